The molecule has 0 amide bonds. The Morgan fingerprint density at radius 3 is 2.64 bits per heavy atom. The van der Waals surface area contributed by atoms with Crippen molar-refractivity contribution >= 4 is 17.3 Å². The Morgan fingerprint density at radius 1 is 1.12 bits per heavy atom. The van der Waals surface area contributed by atoms with Gasteiger partial charge >= 0.3 is 0 Å². The third kappa shape index (κ3) is 3.06. The lowest BCUT2D eigenvalue weighted by atomic mass is 10.0. The maximum Gasteiger partial charge on any atom is 0.176 e. The van der Waals surface area contributed by atoms with Gasteiger partial charge in [-0.15, -0.1) is 0 Å². The van der Waals surface area contributed by atoms with E-state index in [1.54, 1.807) is 7.11 Å². The Balaban J connectivity index is 1.72. The fourth-order valence-electron chi connectivity index (χ4n) is 2.87. The number of hydrogen-bond donors (Lipinski definition) is 2. The number of amidine groups is 1. The van der Waals surface area contributed by atoms with Crippen molar-refractivity contribution in [3.8, 4) is 5.75 Å². The Hall–Kier alpha value is -3.28. The van der Waals surface area contributed by atoms with Crippen molar-refractivity contribution < 1.29 is 4.74 Å². The van der Waals surface area contributed by atoms with E-state index < -0.39 is 0 Å². The maximum atomic E-state index is 5.24. The molecule has 0 bridgehead atoms. The van der Waals surface area contributed by atoms with Gasteiger partial charge in [-0.2, -0.15) is 5.10 Å². The van der Waals surface area contributed by atoms with Gasteiger partial charge in [0.1, 0.15) is 5.75 Å². The van der Waals surface area contributed by atoms with E-state index in [0.717, 1.165) is 35.1 Å². The molecule has 1 aliphatic heterocycles. The zero-order chi connectivity index (χ0) is 17.2. The van der Waals surface area contributed by atoms with E-state index in [1.165, 1.54) is 5.56 Å². The number of ether oxygens (including phenoxy) is 1. The van der Waals surface area contributed by atoms with Crippen LogP contribution < -0.4 is 15.2 Å². The molecule has 0 unspecified atom stereocenters. The second kappa shape index (κ2) is 6.32. The maximum absolute atomic E-state index is 5.24. The number of benzene rings is 2. The Kier molecular flexibility index (Phi) is 3.85. The van der Waals surface area contributed by atoms with Crippen LogP contribution in [-0.4, -0.2) is 23.1 Å². The molecule has 1 aromatic heterocycles. The summed E-state index contributed by atoms with van der Waals surface area (Å²) in [6, 6.07) is 18.1. The molecule has 0 atom stereocenters. The first-order valence-electron chi connectivity index (χ1n) is 8.10. The second-order valence-corrected chi connectivity index (χ2v) is 5.92. The highest BCUT2D eigenvalue weighted by Crippen LogP contribution is 2.25. The first kappa shape index (κ1) is 15.3. The Bertz CT molecular complexity index is 914. The minimum atomic E-state index is 0.659. The van der Waals surface area contributed by atoms with E-state index in [2.05, 4.69) is 37.8 Å². The van der Waals surface area contributed by atoms with Crippen molar-refractivity contribution in [2.75, 3.05) is 12.1 Å². The van der Waals surface area contributed by atoms with E-state index in [9.17, 15) is 0 Å². The molecule has 6 heteroatoms. The Labute approximate surface area is 146 Å². The first-order chi connectivity index (χ1) is 12.2. The van der Waals surface area contributed by atoms with Crippen LogP contribution in [0.5, 0.6) is 5.75 Å². The molecule has 25 heavy (non-hydrogen) atoms. The van der Waals surface area contributed by atoms with Crippen molar-refractivity contribution in [2.45, 2.75) is 13.5 Å². The van der Waals surface area contributed by atoms with Crippen LogP contribution in [0.2, 0.25) is 0 Å². The topological polar surface area (TPSA) is 65.5 Å². The fraction of sp³-hybridized carbons (Fsp3) is 0.158. The lowest BCUT2D eigenvalue weighted by Gasteiger charge is -2.33. The van der Waals surface area contributed by atoms with E-state index in [-0.39, 0.29) is 0 Å². The number of hydrogen-bond acceptors (Lipinski definition) is 4. The molecule has 0 saturated heterocycles. The number of methoxy groups -OCH3 is 1. The van der Waals surface area contributed by atoms with E-state index >= 15 is 0 Å². The van der Waals surface area contributed by atoms with Crippen LogP contribution in [0.4, 0.5) is 11.5 Å². The molecule has 3 aromatic rings. The zero-order valence-electron chi connectivity index (χ0n) is 14.2. The minimum Gasteiger partial charge on any atom is -0.497 e. The average Bonchev–Trinajstić information content (AvgIpc) is 3.06. The van der Waals surface area contributed by atoms with Crippen LogP contribution in [-0.2, 0) is 6.54 Å². The summed E-state index contributed by atoms with van der Waals surface area (Å²) >= 11 is 0. The van der Waals surface area contributed by atoms with Gasteiger partial charge in [0, 0.05) is 17.3 Å². The molecule has 2 N–H and O–H groups in total. The number of nitrogens with one attached hydrogen (secondary N) is 2. The number of anilines is 1. The number of nitrogens with zero attached hydrogens (tertiary/aromatic N) is 3. The minimum absolute atomic E-state index is 0.659. The summed E-state index contributed by atoms with van der Waals surface area (Å²) < 4.78 is 5.24. The third-order valence-electron chi connectivity index (χ3n) is 4.14. The van der Waals surface area contributed by atoms with Crippen LogP contribution in [0.1, 0.15) is 16.8 Å². The van der Waals surface area contributed by atoms with Crippen molar-refractivity contribution in [1.29, 1.82) is 0 Å². The average molecular weight is 333 g/mol. The number of aliphatic imine (C=N–C) groups is 1. The molecule has 6 nitrogen and oxygen atoms in total. The molecule has 0 fully saturated rings. The number of aryl methyl sites for hydroxylation is 1. The number of hydrazine groups is 1. The largest absolute Gasteiger partial charge is 0.497 e. The summed E-state index contributed by atoms with van der Waals surface area (Å²) in [5.41, 5.74) is 7.74. The molecule has 0 radical (unpaired) electrons. The lowest BCUT2D eigenvalue weighted by molar-refractivity contribution is 0.415. The molecular formula is C19H19N5O. The van der Waals surface area contributed by atoms with Gasteiger partial charge in [-0.25, -0.2) is 4.99 Å². The Morgan fingerprint density at radius 2 is 1.92 bits per heavy atom. The molecule has 0 spiro atoms. The molecular weight excluding hydrogens is 314 g/mol. The number of aromatic amines is 1. The highest BCUT2D eigenvalue weighted by Gasteiger charge is 2.21. The molecule has 1 aliphatic rings. The highest BCUT2D eigenvalue weighted by atomic mass is 16.5. The summed E-state index contributed by atoms with van der Waals surface area (Å²) in [4.78, 5) is 4.69. The highest BCUT2D eigenvalue weighted by molar-refractivity contribution is 6.03. The van der Waals surface area contributed by atoms with Crippen LogP contribution in [0.25, 0.3) is 0 Å². The standard InChI is InChI=1S/C19H19N5O/c1-13-11-18(22-21-13)20-19-17-6-4-3-5-14(17)12-24(23-19)15-7-9-16(25-2)10-8-15/h3-11H,12H2,1-2H3,(H2,20,21,22,23). The quantitative estimate of drug-likeness (QED) is 0.771. The van der Waals surface area contributed by atoms with Crippen molar-refractivity contribution in [3.05, 3.63) is 71.4 Å². The van der Waals surface area contributed by atoms with Crippen molar-refractivity contribution in [2.24, 2.45) is 4.99 Å². The van der Waals surface area contributed by atoms with E-state index in [1.807, 2.05) is 49.4 Å². The van der Waals surface area contributed by atoms with E-state index in [0.29, 0.717) is 5.82 Å². The van der Waals surface area contributed by atoms with Crippen LogP contribution in [0, 0.1) is 6.92 Å². The van der Waals surface area contributed by atoms with Crippen LogP contribution in [0.15, 0.2) is 59.6 Å². The smallest absolute Gasteiger partial charge is 0.176 e. The summed E-state index contributed by atoms with van der Waals surface area (Å²) in [7, 11) is 1.67. The van der Waals surface area contributed by atoms with Gasteiger partial charge < -0.3 is 4.74 Å². The molecule has 0 saturated carbocycles. The fourth-order valence-corrected chi connectivity index (χ4v) is 2.87. The van der Waals surface area contributed by atoms with Gasteiger partial charge in [-0.1, -0.05) is 24.3 Å². The number of aromatic nitrogens is 2. The van der Waals surface area contributed by atoms with Gasteiger partial charge in [0.15, 0.2) is 11.7 Å². The van der Waals surface area contributed by atoms with Gasteiger partial charge in [0.05, 0.1) is 19.3 Å². The zero-order valence-corrected chi connectivity index (χ0v) is 14.2. The van der Waals surface area contributed by atoms with Gasteiger partial charge in [-0.05, 0) is 36.8 Å². The molecule has 4 rings (SSSR count). The summed E-state index contributed by atoms with van der Waals surface area (Å²) in [6.07, 6.45) is 0. The van der Waals surface area contributed by atoms with Gasteiger partial charge in [0.2, 0.25) is 0 Å². The monoisotopic (exact) mass is 333 g/mol. The predicted octanol–water partition coefficient (Wildman–Crippen LogP) is 3.33. The molecule has 2 heterocycles. The lowest BCUT2D eigenvalue weighted by Crippen LogP contribution is -2.46. The van der Waals surface area contributed by atoms with Crippen LogP contribution in [0.3, 0.4) is 0 Å². The molecule has 126 valence electrons. The van der Waals surface area contributed by atoms with E-state index in [4.69, 9.17) is 4.74 Å². The SMILES string of the molecule is COc1ccc(N2Cc3ccccc3C(=Nc3cc(C)[nH]n3)N2)cc1. The van der Waals surface area contributed by atoms with Crippen molar-refractivity contribution in [3.63, 3.8) is 0 Å². The number of rotatable bonds is 3. The molecule has 2 aromatic carbocycles. The van der Waals surface area contributed by atoms with Gasteiger partial charge in [-0.3, -0.25) is 15.5 Å². The summed E-state index contributed by atoms with van der Waals surface area (Å²) in [5, 5.41) is 9.21. The summed E-state index contributed by atoms with van der Waals surface area (Å²) in [5.74, 6) is 2.28. The first-order valence-corrected chi connectivity index (χ1v) is 8.10. The number of fused-ring (bicyclic) bond motifs is 1. The van der Waals surface area contributed by atoms with Crippen LogP contribution >= 0.6 is 0 Å². The normalized spacial score (nSPS) is 15.0. The predicted molar refractivity (Wildman–Crippen MR) is 98.3 cm³/mol. The summed E-state index contributed by atoms with van der Waals surface area (Å²) in [6.45, 7) is 2.71. The third-order valence-corrected chi connectivity index (χ3v) is 4.14. The van der Waals surface area contributed by atoms with Gasteiger partial charge in [0.25, 0.3) is 0 Å². The second-order valence-electron chi connectivity index (χ2n) is 5.92. The van der Waals surface area contributed by atoms with Crippen molar-refractivity contribution in [1.82, 2.24) is 15.6 Å². The molecule has 0 aliphatic carbocycles. The number of H-pyrrole nitrogens is 1.